The molecule has 2 aliphatic rings. The first kappa shape index (κ1) is 18.2. The quantitative estimate of drug-likeness (QED) is 0.821. The number of hydrogen-bond acceptors (Lipinski definition) is 3. The summed E-state index contributed by atoms with van der Waals surface area (Å²) in [6.07, 6.45) is 2.66. The molecule has 0 aliphatic carbocycles. The first-order chi connectivity index (χ1) is 9.42. The van der Waals surface area contributed by atoms with Gasteiger partial charge in [0.25, 0.3) is 0 Å². The number of carbonyl (C=O) groups is 2. The lowest BCUT2D eigenvalue weighted by Gasteiger charge is -2.37. The summed E-state index contributed by atoms with van der Waals surface area (Å²) in [4.78, 5) is 26.2. The molecule has 0 bridgehead atoms. The van der Waals surface area contributed by atoms with Gasteiger partial charge in [-0.15, -0.1) is 12.4 Å². The molecular weight excluding hydrogens is 290 g/mol. The van der Waals surface area contributed by atoms with Crippen molar-refractivity contribution in [3.05, 3.63) is 0 Å². The third-order valence-corrected chi connectivity index (χ3v) is 4.54. The lowest BCUT2D eigenvalue weighted by atomic mass is 9.87. The van der Waals surface area contributed by atoms with Gasteiger partial charge in [0.2, 0.25) is 11.8 Å². The Morgan fingerprint density at radius 2 is 1.90 bits per heavy atom. The van der Waals surface area contributed by atoms with Crippen LogP contribution in [0.1, 0.15) is 40.0 Å². The van der Waals surface area contributed by atoms with Gasteiger partial charge in [0.05, 0.1) is 5.41 Å². The summed E-state index contributed by atoms with van der Waals surface area (Å²) in [6.45, 7) is 9.11. The molecule has 0 aromatic carbocycles. The first-order valence-electron chi connectivity index (χ1n) is 7.73. The largest absolute Gasteiger partial charge is 0.353 e. The van der Waals surface area contributed by atoms with E-state index >= 15 is 0 Å². The Balaban J connectivity index is 0.00000220. The van der Waals surface area contributed by atoms with Crippen molar-refractivity contribution < 1.29 is 9.59 Å². The number of halogens is 1. The van der Waals surface area contributed by atoms with Gasteiger partial charge in [-0.3, -0.25) is 9.59 Å². The molecule has 6 heteroatoms. The Morgan fingerprint density at radius 1 is 1.29 bits per heavy atom. The fourth-order valence-electron chi connectivity index (χ4n) is 2.98. The maximum atomic E-state index is 12.6. The van der Waals surface area contributed by atoms with Gasteiger partial charge in [-0.1, -0.05) is 13.8 Å². The van der Waals surface area contributed by atoms with Crippen molar-refractivity contribution in [1.29, 1.82) is 0 Å². The minimum absolute atomic E-state index is 0. The zero-order valence-electron chi connectivity index (χ0n) is 13.3. The molecule has 0 aromatic rings. The molecule has 21 heavy (non-hydrogen) atoms. The number of piperidine rings is 1. The van der Waals surface area contributed by atoms with Crippen molar-refractivity contribution in [1.82, 2.24) is 15.5 Å². The molecular formula is C15H28ClN3O2. The minimum atomic E-state index is -0.228. The molecule has 2 aliphatic heterocycles. The fraction of sp³-hybridized carbons (Fsp3) is 0.867. The van der Waals surface area contributed by atoms with Gasteiger partial charge >= 0.3 is 0 Å². The molecule has 0 aromatic heterocycles. The molecule has 2 amide bonds. The topological polar surface area (TPSA) is 61.4 Å². The highest BCUT2D eigenvalue weighted by Crippen LogP contribution is 2.28. The summed E-state index contributed by atoms with van der Waals surface area (Å²) in [5.74, 6) is 0.413. The van der Waals surface area contributed by atoms with Gasteiger partial charge in [0, 0.05) is 31.6 Å². The second-order valence-electron chi connectivity index (χ2n) is 6.72. The number of carbonyl (C=O) groups excluding carboxylic acids is 2. The summed E-state index contributed by atoms with van der Waals surface area (Å²) in [5, 5.41) is 6.34. The number of likely N-dealkylation sites (tertiary alicyclic amines) is 1. The van der Waals surface area contributed by atoms with Crippen molar-refractivity contribution in [2.75, 3.05) is 26.2 Å². The second kappa shape index (κ2) is 7.45. The SMILES string of the molecule is CC(C)C(=O)NC1CCN(C(=O)C2(C)CCNC2)CC1.Cl. The Bertz CT molecular complexity index is 373. The standard InChI is InChI=1S/C15H27N3O2.ClH/c1-11(2)13(19)17-12-4-8-18(9-5-12)14(20)15(3)6-7-16-10-15;/h11-12,16H,4-10H2,1-3H3,(H,17,19);1H. The third-order valence-electron chi connectivity index (χ3n) is 4.54. The van der Waals surface area contributed by atoms with E-state index in [1.165, 1.54) is 0 Å². The van der Waals surface area contributed by atoms with Crippen LogP contribution in [0.5, 0.6) is 0 Å². The summed E-state index contributed by atoms with van der Waals surface area (Å²) in [6, 6.07) is 0.225. The van der Waals surface area contributed by atoms with Crippen LogP contribution in [0.3, 0.4) is 0 Å². The van der Waals surface area contributed by atoms with Crippen LogP contribution in [-0.2, 0) is 9.59 Å². The van der Waals surface area contributed by atoms with Crippen molar-refractivity contribution in [2.45, 2.75) is 46.1 Å². The van der Waals surface area contributed by atoms with Crippen LogP contribution in [0.25, 0.3) is 0 Å². The van der Waals surface area contributed by atoms with Crippen molar-refractivity contribution >= 4 is 24.2 Å². The highest BCUT2D eigenvalue weighted by molar-refractivity contribution is 5.85. The number of amides is 2. The van der Waals surface area contributed by atoms with Gasteiger partial charge in [0.15, 0.2) is 0 Å². The smallest absolute Gasteiger partial charge is 0.229 e. The normalized spacial score (nSPS) is 26.6. The van der Waals surface area contributed by atoms with E-state index in [1.54, 1.807) is 0 Å². The van der Waals surface area contributed by atoms with E-state index in [2.05, 4.69) is 17.6 Å². The number of nitrogens with zero attached hydrogens (tertiary/aromatic N) is 1. The van der Waals surface area contributed by atoms with E-state index < -0.39 is 0 Å². The van der Waals surface area contributed by atoms with Crippen LogP contribution in [0.15, 0.2) is 0 Å². The lowest BCUT2D eigenvalue weighted by molar-refractivity contribution is -0.141. The molecule has 2 N–H and O–H groups in total. The molecule has 2 heterocycles. The Kier molecular flexibility index (Phi) is 6.47. The summed E-state index contributed by atoms with van der Waals surface area (Å²) >= 11 is 0. The van der Waals surface area contributed by atoms with Crippen LogP contribution in [-0.4, -0.2) is 48.9 Å². The highest BCUT2D eigenvalue weighted by atomic mass is 35.5. The van der Waals surface area contributed by atoms with Crippen LogP contribution >= 0.6 is 12.4 Å². The molecule has 0 saturated carbocycles. The molecule has 1 unspecified atom stereocenters. The maximum Gasteiger partial charge on any atom is 0.229 e. The van der Waals surface area contributed by atoms with Crippen LogP contribution < -0.4 is 10.6 Å². The molecule has 2 fully saturated rings. The monoisotopic (exact) mass is 317 g/mol. The molecule has 5 nitrogen and oxygen atoms in total. The van der Waals surface area contributed by atoms with Crippen LogP contribution in [0, 0.1) is 11.3 Å². The van der Waals surface area contributed by atoms with Crippen molar-refractivity contribution in [3.8, 4) is 0 Å². The Labute approximate surface area is 133 Å². The highest BCUT2D eigenvalue weighted by Gasteiger charge is 2.40. The van der Waals surface area contributed by atoms with Crippen molar-refractivity contribution in [2.24, 2.45) is 11.3 Å². The molecule has 1 atom stereocenters. The zero-order chi connectivity index (χ0) is 14.8. The average Bonchev–Trinajstić information content (AvgIpc) is 2.87. The lowest BCUT2D eigenvalue weighted by Crippen LogP contribution is -2.51. The Hall–Kier alpha value is -0.810. The van der Waals surface area contributed by atoms with Gasteiger partial charge in [-0.25, -0.2) is 0 Å². The van der Waals surface area contributed by atoms with E-state index in [9.17, 15) is 9.59 Å². The maximum absolute atomic E-state index is 12.6. The van der Waals surface area contributed by atoms with E-state index in [-0.39, 0.29) is 41.6 Å². The average molecular weight is 318 g/mol. The molecule has 2 rings (SSSR count). The second-order valence-corrected chi connectivity index (χ2v) is 6.72. The van der Waals surface area contributed by atoms with Crippen LogP contribution in [0.2, 0.25) is 0 Å². The first-order valence-corrected chi connectivity index (χ1v) is 7.73. The van der Waals surface area contributed by atoms with Gasteiger partial charge in [0.1, 0.15) is 0 Å². The van der Waals surface area contributed by atoms with Gasteiger partial charge in [-0.05, 0) is 32.7 Å². The van der Waals surface area contributed by atoms with E-state index in [4.69, 9.17) is 0 Å². The molecule has 122 valence electrons. The van der Waals surface area contributed by atoms with Crippen LogP contribution in [0.4, 0.5) is 0 Å². The number of rotatable bonds is 3. The predicted octanol–water partition coefficient (Wildman–Crippen LogP) is 1.17. The molecule has 2 saturated heterocycles. The summed E-state index contributed by atoms with van der Waals surface area (Å²) in [5.41, 5.74) is -0.228. The van der Waals surface area contributed by atoms with E-state index in [0.29, 0.717) is 0 Å². The number of hydrogen-bond donors (Lipinski definition) is 2. The third kappa shape index (κ3) is 4.33. The van der Waals surface area contributed by atoms with Gasteiger partial charge in [-0.2, -0.15) is 0 Å². The molecule has 0 spiro atoms. The predicted molar refractivity (Wildman–Crippen MR) is 85.4 cm³/mol. The van der Waals surface area contributed by atoms with E-state index in [1.807, 2.05) is 18.7 Å². The van der Waals surface area contributed by atoms with Gasteiger partial charge < -0.3 is 15.5 Å². The minimum Gasteiger partial charge on any atom is -0.353 e. The zero-order valence-corrected chi connectivity index (χ0v) is 14.1. The number of nitrogens with one attached hydrogen (secondary N) is 2. The Morgan fingerprint density at radius 3 is 2.38 bits per heavy atom. The molecule has 0 radical (unpaired) electrons. The summed E-state index contributed by atoms with van der Waals surface area (Å²) < 4.78 is 0. The van der Waals surface area contributed by atoms with E-state index in [0.717, 1.165) is 45.4 Å². The summed E-state index contributed by atoms with van der Waals surface area (Å²) in [7, 11) is 0. The fourth-order valence-corrected chi connectivity index (χ4v) is 2.98. The van der Waals surface area contributed by atoms with Crippen molar-refractivity contribution in [3.63, 3.8) is 0 Å².